The molecule has 0 fully saturated rings. The van der Waals surface area contributed by atoms with E-state index in [0.717, 1.165) is 5.56 Å². The summed E-state index contributed by atoms with van der Waals surface area (Å²) in [6.45, 7) is 4.37. The lowest BCUT2D eigenvalue weighted by molar-refractivity contribution is -0.132. The van der Waals surface area contributed by atoms with Gasteiger partial charge in [0.05, 0.1) is 5.92 Å². The van der Waals surface area contributed by atoms with Gasteiger partial charge in [0.15, 0.2) is 0 Å². The number of benzene rings is 1. The third kappa shape index (κ3) is 4.02. The normalized spacial score (nSPS) is 13.4. The molecule has 0 saturated heterocycles. The number of amides is 1. The highest BCUT2D eigenvalue weighted by Crippen LogP contribution is 2.17. The maximum absolute atomic E-state index is 12.1. The number of rotatable bonds is 4. The molecule has 2 unspecified atom stereocenters. The van der Waals surface area contributed by atoms with Gasteiger partial charge in [0.1, 0.15) is 0 Å². The van der Waals surface area contributed by atoms with Crippen molar-refractivity contribution >= 4 is 18.3 Å². The standard InChI is InChI=1S/C13H20N2O.ClH/c1-10(9-14)15(3)13(16)11(2)12-7-5-4-6-8-12;/h4-8,10-11H,9,14H2,1-3H3;1H. The van der Waals surface area contributed by atoms with Crippen LogP contribution in [0.5, 0.6) is 0 Å². The largest absolute Gasteiger partial charge is 0.341 e. The molecule has 0 saturated carbocycles. The van der Waals surface area contributed by atoms with E-state index in [1.165, 1.54) is 0 Å². The van der Waals surface area contributed by atoms with Crippen molar-refractivity contribution in [3.63, 3.8) is 0 Å². The fraction of sp³-hybridized carbons (Fsp3) is 0.462. The number of hydrogen-bond acceptors (Lipinski definition) is 2. The van der Waals surface area contributed by atoms with Crippen molar-refractivity contribution in [1.82, 2.24) is 4.90 Å². The number of carbonyl (C=O) groups is 1. The van der Waals surface area contributed by atoms with E-state index >= 15 is 0 Å². The average molecular weight is 257 g/mol. The van der Waals surface area contributed by atoms with Crippen LogP contribution in [0.1, 0.15) is 25.3 Å². The summed E-state index contributed by atoms with van der Waals surface area (Å²) in [5.74, 6) is 0.00403. The van der Waals surface area contributed by atoms with Crippen LogP contribution in [0.25, 0.3) is 0 Å². The number of nitrogens with two attached hydrogens (primary N) is 1. The van der Waals surface area contributed by atoms with Crippen LogP contribution < -0.4 is 5.73 Å². The van der Waals surface area contributed by atoms with E-state index in [4.69, 9.17) is 5.73 Å². The minimum Gasteiger partial charge on any atom is -0.341 e. The number of carbonyl (C=O) groups excluding carboxylic acids is 1. The minimum atomic E-state index is -0.111. The summed E-state index contributed by atoms with van der Waals surface area (Å²) in [6, 6.07) is 9.88. The molecular formula is C13H21ClN2O. The highest BCUT2D eigenvalue weighted by atomic mass is 35.5. The number of likely N-dealkylation sites (N-methyl/N-ethyl adjacent to an activating group) is 1. The molecule has 0 aromatic heterocycles. The maximum Gasteiger partial charge on any atom is 0.229 e. The molecule has 96 valence electrons. The second-order valence-electron chi connectivity index (χ2n) is 4.17. The van der Waals surface area contributed by atoms with Gasteiger partial charge in [-0.15, -0.1) is 12.4 Å². The van der Waals surface area contributed by atoms with Gasteiger partial charge < -0.3 is 10.6 Å². The van der Waals surface area contributed by atoms with Gasteiger partial charge in [-0.25, -0.2) is 0 Å². The van der Waals surface area contributed by atoms with Crippen LogP contribution in [0.2, 0.25) is 0 Å². The van der Waals surface area contributed by atoms with Crippen molar-refractivity contribution in [2.45, 2.75) is 25.8 Å². The second kappa shape index (κ2) is 7.30. The molecule has 2 N–H and O–H groups in total. The van der Waals surface area contributed by atoms with Crippen LogP contribution in [-0.2, 0) is 4.79 Å². The van der Waals surface area contributed by atoms with Gasteiger partial charge in [0, 0.05) is 19.6 Å². The summed E-state index contributed by atoms with van der Waals surface area (Å²) in [7, 11) is 1.80. The lowest BCUT2D eigenvalue weighted by atomic mass is 9.99. The van der Waals surface area contributed by atoms with Crippen molar-refractivity contribution < 1.29 is 4.79 Å². The van der Waals surface area contributed by atoms with Gasteiger partial charge in [0.25, 0.3) is 0 Å². The van der Waals surface area contributed by atoms with E-state index in [0.29, 0.717) is 6.54 Å². The molecule has 1 aromatic rings. The highest BCUT2D eigenvalue weighted by Gasteiger charge is 2.21. The molecule has 1 rings (SSSR count). The topological polar surface area (TPSA) is 46.3 Å². The first-order chi connectivity index (χ1) is 7.57. The fourth-order valence-electron chi connectivity index (χ4n) is 1.57. The zero-order valence-electron chi connectivity index (χ0n) is 10.6. The zero-order valence-corrected chi connectivity index (χ0v) is 11.4. The van der Waals surface area contributed by atoms with E-state index in [9.17, 15) is 4.79 Å². The quantitative estimate of drug-likeness (QED) is 0.896. The lowest BCUT2D eigenvalue weighted by Crippen LogP contribution is -2.41. The molecule has 0 radical (unpaired) electrons. The summed E-state index contributed by atoms with van der Waals surface area (Å²) in [5, 5.41) is 0. The van der Waals surface area contributed by atoms with E-state index in [1.54, 1.807) is 11.9 Å². The molecule has 17 heavy (non-hydrogen) atoms. The Morgan fingerprint density at radius 2 is 1.82 bits per heavy atom. The molecule has 0 aliphatic rings. The van der Waals surface area contributed by atoms with E-state index < -0.39 is 0 Å². The molecular weight excluding hydrogens is 236 g/mol. The Morgan fingerprint density at radius 3 is 2.29 bits per heavy atom. The van der Waals surface area contributed by atoms with Gasteiger partial charge in [-0.05, 0) is 19.4 Å². The summed E-state index contributed by atoms with van der Waals surface area (Å²) in [4.78, 5) is 13.8. The summed E-state index contributed by atoms with van der Waals surface area (Å²) in [6.07, 6.45) is 0. The molecule has 0 bridgehead atoms. The number of nitrogens with zero attached hydrogens (tertiary/aromatic N) is 1. The summed E-state index contributed by atoms with van der Waals surface area (Å²) < 4.78 is 0. The van der Waals surface area contributed by atoms with Crippen LogP contribution in [0.3, 0.4) is 0 Å². The lowest BCUT2D eigenvalue weighted by Gasteiger charge is -2.26. The predicted molar refractivity (Wildman–Crippen MR) is 73.4 cm³/mol. The Balaban J connectivity index is 0.00000256. The molecule has 4 heteroatoms. The first-order valence-electron chi connectivity index (χ1n) is 5.59. The summed E-state index contributed by atoms with van der Waals surface area (Å²) >= 11 is 0. The van der Waals surface area contributed by atoms with Crippen molar-refractivity contribution in [2.75, 3.05) is 13.6 Å². The molecule has 0 aliphatic heterocycles. The van der Waals surface area contributed by atoms with Crippen molar-refractivity contribution in [2.24, 2.45) is 5.73 Å². The van der Waals surface area contributed by atoms with Gasteiger partial charge in [-0.2, -0.15) is 0 Å². The van der Waals surface area contributed by atoms with Crippen LogP contribution in [0, 0.1) is 0 Å². The molecule has 0 spiro atoms. The monoisotopic (exact) mass is 256 g/mol. The zero-order chi connectivity index (χ0) is 12.1. The summed E-state index contributed by atoms with van der Waals surface area (Å²) in [5.41, 5.74) is 6.60. The second-order valence-corrected chi connectivity index (χ2v) is 4.17. The van der Waals surface area contributed by atoms with Crippen LogP contribution >= 0.6 is 12.4 Å². The van der Waals surface area contributed by atoms with Crippen molar-refractivity contribution in [3.05, 3.63) is 35.9 Å². The molecule has 1 aromatic carbocycles. The SMILES string of the molecule is CC(C(=O)N(C)C(C)CN)c1ccccc1.Cl. The molecule has 2 atom stereocenters. The fourth-order valence-corrected chi connectivity index (χ4v) is 1.57. The predicted octanol–water partition coefficient (Wildman–Crippen LogP) is 2.02. The highest BCUT2D eigenvalue weighted by molar-refractivity contribution is 5.85. The molecule has 0 heterocycles. The van der Waals surface area contributed by atoms with Gasteiger partial charge in [0.2, 0.25) is 5.91 Å². The van der Waals surface area contributed by atoms with E-state index in [-0.39, 0.29) is 30.3 Å². The van der Waals surface area contributed by atoms with Crippen molar-refractivity contribution in [1.29, 1.82) is 0 Å². The molecule has 0 aliphatic carbocycles. The Kier molecular flexibility index (Phi) is 6.85. The Morgan fingerprint density at radius 1 is 1.29 bits per heavy atom. The number of hydrogen-bond donors (Lipinski definition) is 1. The van der Waals surface area contributed by atoms with Gasteiger partial charge >= 0.3 is 0 Å². The van der Waals surface area contributed by atoms with E-state index in [2.05, 4.69) is 0 Å². The third-order valence-electron chi connectivity index (χ3n) is 3.02. The molecule has 1 amide bonds. The van der Waals surface area contributed by atoms with Crippen LogP contribution in [0.4, 0.5) is 0 Å². The number of halogens is 1. The minimum absolute atomic E-state index is 0. The van der Waals surface area contributed by atoms with Crippen LogP contribution in [0.15, 0.2) is 30.3 Å². The first-order valence-corrected chi connectivity index (χ1v) is 5.59. The Hall–Kier alpha value is -1.06. The smallest absolute Gasteiger partial charge is 0.229 e. The maximum atomic E-state index is 12.1. The van der Waals surface area contributed by atoms with E-state index in [1.807, 2.05) is 44.2 Å². The molecule has 3 nitrogen and oxygen atoms in total. The van der Waals surface area contributed by atoms with Gasteiger partial charge in [-0.3, -0.25) is 4.79 Å². The van der Waals surface area contributed by atoms with Crippen molar-refractivity contribution in [3.8, 4) is 0 Å². The Bertz CT molecular complexity index is 343. The average Bonchev–Trinajstić information content (AvgIpc) is 2.36. The first kappa shape index (κ1) is 15.9. The third-order valence-corrected chi connectivity index (χ3v) is 3.02. The van der Waals surface area contributed by atoms with Crippen LogP contribution in [-0.4, -0.2) is 30.4 Å². The van der Waals surface area contributed by atoms with Gasteiger partial charge in [-0.1, -0.05) is 30.3 Å². The Labute approximate surface area is 109 Å².